The lowest BCUT2D eigenvalue weighted by Crippen LogP contribution is -2.31. The molecule has 18 heavy (non-hydrogen) atoms. The fourth-order valence-corrected chi connectivity index (χ4v) is 1.99. The fourth-order valence-electron chi connectivity index (χ4n) is 1.69. The van der Waals surface area contributed by atoms with Gasteiger partial charge in [0.15, 0.2) is 0 Å². The molecule has 1 atom stereocenters. The Bertz CT molecular complexity index is 407. The Hall–Kier alpha value is -1.06. The van der Waals surface area contributed by atoms with Crippen molar-refractivity contribution >= 4 is 17.6 Å². The minimum Gasteiger partial charge on any atom is -0.462 e. The van der Waals surface area contributed by atoms with Gasteiger partial charge >= 0.3 is 5.97 Å². The highest BCUT2D eigenvalue weighted by Gasteiger charge is 2.17. The van der Waals surface area contributed by atoms with Gasteiger partial charge in [-0.05, 0) is 39.4 Å². The number of halogens is 1. The molecule has 0 N–H and O–H groups in total. The topological polar surface area (TPSA) is 29.5 Å². The number of benzene rings is 1. The number of hydrogen-bond donors (Lipinski definition) is 0. The molecule has 100 valence electrons. The maximum atomic E-state index is 11.6. The van der Waals surface area contributed by atoms with Crippen LogP contribution in [0.5, 0.6) is 0 Å². The summed E-state index contributed by atoms with van der Waals surface area (Å²) in [6.07, 6.45) is -0.0819. The summed E-state index contributed by atoms with van der Waals surface area (Å²) in [5.74, 6) is -0.216. The van der Waals surface area contributed by atoms with Crippen LogP contribution in [0.1, 0.15) is 32.4 Å². The van der Waals surface area contributed by atoms with Crippen LogP contribution in [-0.2, 0) is 9.53 Å². The van der Waals surface area contributed by atoms with Gasteiger partial charge < -0.3 is 4.74 Å². The van der Waals surface area contributed by atoms with Gasteiger partial charge in [-0.15, -0.1) is 0 Å². The molecule has 1 aromatic carbocycles. The van der Waals surface area contributed by atoms with Gasteiger partial charge in [0, 0.05) is 11.1 Å². The van der Waals surface area contributed by atoms with Crippen LogP contribution in [0.15, 0.2) is 24.3 Å². The van der Waals surface area contributed by atoms with Crippen LogP contribution in [0, 0.1) is 0 Å². The standard InChI is InChI=1S/C14H20ClNO2/c1-10(2)18-14(17)9-16(4)11(3)12-7-5-6-8-13(12)15/h5-8,10-11H,9H2,1-4H3. The molecule has 1 unspecified atom stereocenters. The van der Waals surface area contributed by atoms with Gasteiger partial charge in [0.25, 0.3) is 0 Å². The zero-order valence-electron chi connectivity index (χ0n) is 11.3. The SMILES string of the molecule is CC(C)OC(=O)CN(C)C(C)c1ccccc1Cl. The molecule has 0 aliphatic carbocycles. The Morgan fingerprint density at radius 2 is 1.94 bits per heavy atom. The summed E-state index contributed by atoms with van der Waals surface area (Å²) in [6, 6.07) is 7.73. The van der Waals surface area contributed by atoms with E-state index < -0.39 is 0 Å². The molecule has 0 fully saturated rings. The molecule has 0 aliphatic heterocycles. The lowest BCUT2D eigenvalue weighted by Gasteiger charge is -2.25. The van der Waals surface area contributed by atoms with Crippen LogP contribution in [0.2, 0.25) is 5.02 Å². The predicted octanol–water partition coefficient (Wildman–Crippen LogP) is 3.28. The van der Waals surface area contributed by atoms with E-state index in [0.717, 1.165) is 5.56 Å². The van der Waals surface area contributed by atoms with Crippen molar-refractivity contribution in [2.24, 2.45) is 0 Å². The third kappa shape index (κ3) is 4.31. The lowest BCUT2D eigenvalue weighted by atomic mass is 10.1. The van der Waals surface area contributed by atoms with Gasteiger partial charge in [0.1, 0.15) is 0 Å². The van der Waals surface area contributed by atoms with E-state index in [4.69, 9.17) is 16.3 Å². The molecule has 0 saturated heterocycles. The smallest absolute Gasteiger partial charge is 0.320 e. The molecule has 3 nitrogen and oxygen atoms in total. The Kier molecular flexibility index (Phi) is 5.63. The van der Waals surface area contributed by atoms with E-state index in [1.54, 1.807) is 0 Å². The second kappa shape index (κ2) is 6.76. The first-order chi connectivity index (χ1) is 8.41. The lowest BCUT2D eigenvalue weighted by molar-refractivity contribution is -0.148. The maximum absolute atomic E-state index is 11.6. The van der Waals surface area contributed by atoms with E-state index in [1.165, 1.54) is 0 Å². The molecule has 1 aromatic rings. The molecule has 0 bridgehead atoms. The minimum atomic E-state index is -0.216. The second-order valence-corrected chi connectivity index (χ2v) is 5.06. The number of carbonyl (C=O) groups is 1. The summed E-state index contributed by atoms with van der Waals surface area (Å²) < 4.78 is 5.12. The van der Waals surface area contributed by atoms with Crippen molar-refractivity contribution in [3.63, 3.8) is 0 Å². The van der Waals surface area contributed by atoms with Crippen molar-refractivity contribution in [2.75, 3.05) is 13.6 Å². The summed E-state index contributed by atoms with van der Waals surface area (Å²) in [6.45, 7) is 5.96. The Balaban J connectivity index is 2.64. The fraction of sp³-hybridized carbons (Fsp3) is 0.500. The van der Waals surface area contributed by atoms with Crippen molar-refractivity contribution in [1.82, 2.24) is 4.90 Å². The van der Waals surface area contributed by atoms with E-state index >= 15 is 0 Å². The molecular weight excluding hydrogens is 250 g/mol. The molecule has 4 heteroatoms. The van der Waals surface area contributed by atoms with Crippen LogP contribution < -0.4 is 0 Å². The molecule has 0 aliphatic rings. The molecule has 0 aromatic heterocycles. The number of hydrogen-bond acceptors (Lipinski definition) is 3. The van der Waals surface area contributed by atoms with E-state index in [0.29, 0.717) is 5.02 Å². The van der Waals surface area contributed by atoms with Crippen molar-refractivity contribution in [3.8, 4) is 0 Å². The van der Waals surface area contributed by atoms with Gasteiger partial charge in [-0.2, -0.15) is 0 Å². The first-order valence-electron chi connectivity index (χ1n) is 6.06. The van der Waals surface area contributed by atoms with Gasteiger partial charge in [-0.3, -0.25) is 9.69 Å². The monoisotopic (exact) mass is 269 g/mol. The van der Waals surface area contributed by atoms with E-state index in [-0.39, 0.29) is 24.7 Å². The van der Waals surface area contributed by atoms with Crippen molar-refractivity contribution in [1.29, 1.82) is 0 Å². The molecule has 1 rings (SSSR count). The van der Waals surface area contributed by atoms with Crippen molar-refractivity contribution in [3.05, 3.63) is 34.9 Å². The van der Waals surface area contributed by atoms with E-state index in [9.17, 15) is 4.79 Å². The number of likely N-dealkylation sites (N-methyl/N-ethyl adjacent to an activating group) is 1. The highest BCUT2D eigenvalue weighted by atomic mass is 35.5. The number of esters is 1. The molecule has 0 saturated carbocycles. The van der Waals surface area contributed by atoms with Crippen molar-refractivity contribution < 1.29 is 9.53 Å². The number of ether oxygens (including phenoxy) is 1. The van der Waals surface area contributed by atoms with Gasteiger partial charge in [-0.25, -0.2) is 0 Å². The number of carbonyl (C=O) groups excluding carboxylic acids is 1. The normalized spacial score (nSPS) is 12.8. The predicted molar refractivity (Wildman–Crippen MR) is 73.7 cm³/mol. The van der Waals surface area contributed by atoms with Crippen LogP contribution in [0.3, 0.4) is 0 Å². The Labute approximate surface area is 114 Å². The summed E-state index contributed by atoms with van der Waals surface area (Å²) in [4.78, 5) is 13.5. The highest BCUT2D eigenvalue weighted by Crippen LogP contribution is 2.25. The molecule has 0 heterocycles. The third-order valence-corrected chi connectivity index (χ3v) is 3.11. The molecular formula is C14H20ClNO2. The Morgan fingerprint density at radius 1 is 1.33 bits per heavy atom. The van der Waals surface area contributed by atoms with E-state index in [2.05, 4.69) is 0 Å². The number of nitrogens with zero attached hydrogens (tertiary/aromatic N) is 1. The van der Waals surface area contributed by atoms with Gasteiger partial charge in [0.05, 0.1) is 12.6 Å². The van der Waals surface area contributed by atoms with Crippen LogP contribution in [0.4, 0.5) is 0 Å². The highest BCUT2D eigenvalue weighted by molar-refractivity contribution is 6.31. The summed E-state index contributed by atoms with van der Waals surface area (Å²) in [5, 5.41) is 0.717. The van der Waals surface area contributed by atoms with Crippen LogP contribution >= 0.6 is 11.6 Å². The summed E-state index contributed by atoms with van der Waals surface area (Å²) >= 11 is 6.14. The van der Waals surface area contributed by atoms with E-state index in [1.807, 2.05) is 57.0 Å². The molecule has 0 spiro atoms. The molecule has 0 radical (unpaired) electrons. The van der Waals surface area contributed by atoms with Crippen LogP contribution in [0.25, 0.3) is 0 Å². The quantitative estimate of drug-likeness (QED) is 0.769. The van der Waals surface area contributed by atoms with Gasteiger partial charge in [0.2, 0.25) is 0 Å². The zero-order valence-corrected chi connectivity index (χ0v) is 12.1. The first kappa shape index (κ1) is 15.0. The number of rotatable bonds is 5. The summed E-state index contributed by atoms with van der Waals surface area (Å²) in [5.41, 5.74) is 1.01. The first-order valence-corrected chi connectivity index (χ1v) is 6.43. The van der Waals surface area contributed by atoms with Crippen molar-refractivity contribution in [2.45, 2.75) is 32.9 Å². The van der Waals surface area contributed by atoms with Gasteiger partial charge in [-0.1, -0.05) is 29.8 Å². The van der Waals surface area contributed by atoms with Crippen LogP contribution in [-0.4, -0.2) is 30.6 Å². The Morgan fingerprint density at radius 3 is 2.50 bits per heavy atom. The zero-order chi connectivity index (χ0) is 13.7. The summed E-state index contributed by atoms with van der Waals surface area (Å²) in [7, 11) is 1.88. The average molecular weight is 270 g/mol. The third-order valence-electron chi connectivity index (χ3n) is 2.76. The average Bonchev–Trinajstić information content (AvgIpc) is 2.27. The molecule has 0 amide bonds. The largest absolute Gasteiger partial charge is 0.462 e. The maximum Gasteiger partial charge on any atom is 0.320 e. The minimum absolute atomic E-state index is 0.0680. The second-order valence-electron chi connectivity index (χ2n) is 4.65.